The van der Waals surface area contributed by atoms with E-state index in [0.717, 1.165) is 41.7 Å². The van der Waals surface area contributed by atoms with E-state index in [4.69, 9.17) is 14.2 Å². The molecule has 0 amide bonds. The normalized spacial score (nSPS) is 11.8. The quantitative estimate of drug-likeness (QED) is 0.417. The highest BCUT2D eigenvalue weighted by Gasteiger charge is 2.15. The largest absolute Gasteiger partial charge is 0.493 e. The second-order valence-corrected chi connectivity index (χ2v) is 7.24. The Morgan fingerprint density at radius 1 is 0.800 bits per heavy atom. The highest BCUT2D eigenvalue weighted by Crippen LogP contribution is 2.33. The maximum absolute atomic E-state index is 11.0. The van der Waals surface area contributed by atoms with Crippen molar-refractivity contribution in [2.45, 2.75) is 39.1 Å². The maximum atomic E-state index is 11.0. The van der Waals surface area contributed by atoms with Crippen LogP contribution in [0.3, 0.4) is 0 Å². The molecule has 0 heterocycles. The predicted octanol–water partition coefficient (Wildman–Crippen LogP) is 5.67. The van der Waals surface area contributed by atoms with E-state index in [-0.39, 0.29) is 0 Å². The first kappa shape index (κ1) is 21.9. The van der Waals surface area contributed by atoms with Crippen molar-refractivity contribution in [2.75, 3.05) is 13.7 Å². The van der Waals surface area contributed by atoms with Gasteiger partial charge in [-0.3, -0.25) is 0 Å². The van der Waals surface area contributed by atoms with Crippen LogP contribution in [-0.4, -0.2) is 18.8 Å². The van der Waals surface area contributed by atoms with Crippen LogP contribution in [0.5, 0.6) is 11.5 Å². The fraction of sp³-hybridized carbons (Fsp3) is 0.308. The Labute approximate surface area is 179 Å². The van der Waals surface area contributed by atoms with E-state index in [2.05, 4.69) is 6.92 Å². The van der Waals surface area contributed by atoms with Gasteiger partial charge in [-0.2, -0.15) is 0 Å². The SMILES string of the molecule is CCCCOCc1cccc(C(O)c2ccc(OC)c(OCc3ccccc3)c2)c1. The average molecular weight is 407 g/mol. The van der Waals surface area contributed by atoms with Crippen molar-refractivity contribution in [3.05, 3.63) is 95.1 Å². The molecule has 0 fully saturated rings. The van der Waals surface area contributed by atoms with Gasteiger partial charge in [-0.1, -0.05) is 74.0 Å². The van der Waals surface area contributed by atoms with Crippen LogP contribution in [0.2, 0.25) is 0 Å². The van der Waals surface area contributed by atoms with Gasteiger partial charge >= 0.3 is 0 Å². The topological polar surface area (TPSA) is 47.9 Å². The number of hydrogen-bond acceptors (Lipinski definition) is 4. The van der Waals surface area contributed by atoms with Crippen molar-refractivity contribution in [1.82, 2.24) is 0 Å². The molecular formula is C26H30O4. The number of hydrogen-bond donors (Lipinski definition) is 1. The van der Waals surface area contributed by atoms with Crippen LogP contribution in [-0.2, 0) is 18.0 Å². The lowest BCUT2D eigenvalue weighted by atomic mass is 9.99. The number of aliphatic hydroxyl groups is 1. The first-order valence-corrected chi connectivity index (χ1v) is 10.4. The third-order valence-electron chi connectivity index (χ3n) is 4.92. The van der Waals surface area contributed by atoms with Gasteiger partial charge in [0, 0.05) is 6.61 Å². The fourth-order valence-electron chi connectivity index (χ4n) is 3.19. The van der Waals surface area contributed by atoms with Crippen molar-refractivity contribution >= 4 is 0 Å². The van der Waals surface area contributed by atoms with E-state index in [1.807, 2.05) is 72.8 Å². The van der Waals surface area contributed by atoms with E-state index in [1.54, 1.807) is 7.11 Å². The minimum Gasteiger partial charge on any atom is -0.493 e. The summed E-state index contributed by atoms with van der Waals surface area (Å²) in [5, 5.41) is 11.0. The Bertz CT molecular complexity index is 908. The smallest absolute Gasteiger partial charge is 0.162 e. The fourth-order valence-corrected chi connectivity index (χ4v) is 3.19. The zero-order chi connectivity index (χ0) is 21.2. The molecule has 0 bridgehead atoms. The summed E-state index contributed by atoms with van der Waals surface area (Å²) in [6.45, 7) is 3.88. The van der Waals surface area contributed by atoms with Gasteiger partial charge in [0.1, 0.15) is 12.7 Å². The molecule has 30 heavy (non-hydrogen) atoms. The van der Waals surface area contributed by atoms with E-state index in [1.165, 1.54) is 0 Å². The number of unbranched alkanes of at least 4 members (excludes halogenated alkanes) is 1. The molecule has 0 aliphatic rings. The second-order valence-electron chi connectivity index (χ2n) is 7.24. The molecule has 4 nitrogen and oxygen atoms in total. The van der Waals surface area contributed by atoms with Crippen LogP contribution in [0, 0.1) is 0 Å². The minimum absolute atomic E-state index is 0.432. The van der Waals surface area contributed by atoms with Gasteiger partial charge in [-0.15, -0.1) is 0 Å². The highest BCUT2D eigenvalue weighted by molar-refractivity contribution is 5.45. The molecule has 158 valence electrons. The van der Waals surface area contributed by atoms with E-state index < -0.39 is 6.10 Å². The summed E-state index contributed by atoms with van der Waals surface area (Å²) in [4.78, 5) is 0. The van der Waals surface area contributed by atoms with Gasteiger partial charge in [0.25, 0.3) is 0 Å². The molecule has 0 aliphatic heterocycles. The molecule has 1 atom stereocenters. The van der Waals surface area contributed by atoms with Crippen LogP contribution in [0.15, 0.2) is 72.8 Å². The molecule has 4 heteroatoms. The molecule has 0 saturated carbocycles. The molecule has 0 aliphatic carbocycles. The zero-order valence-corrected chi connectivity index (χ0v) is 17.7. The Morgan fingerprint density at radius 3 is 2.33 bits per heavy atom. The third kappa shape index (κ3) is 6.09. The Hall–Kier alpha value is -2.82. The van der Waals surface area contributed by atoms with Gasteiger partial charge in [0.05, 0.1) is 13.7 Å². The predicted molar refractivity (Wildman–Crippen MR) is 119 cm³/mol. The van der Waals surface area contributed by atoms with Crippen LogP contribution >= 0.6 is 0 Å². The van der Waals surface area contributed by atoms with Crippen molar-refractivity contribution in [3.63, 3.8) is 0 Å². The van der Waals surface area contributed by atoms with Crippen LogP contribution in [0.25, 0.3) is 0 Å². The zero-order valence-electron chi connectivity index (χ0n) is 17.7. The minimum atomic E-state index is -0.759. The molecule has 3 aromatic carbocycles. The Morgan fingerprint density at radius 2 is 1.57 bits per heavy atom. The molecule has 3 rings (SSSR count). The van der Waals surface area contributed by atoms with Gasteiger partial charge in [-0.05, 0) is 40.8 Å². The van der Waals surface area contributed by atoms with E-state index in [9.17, 15) is 5.11 Å². The van der Waals surface area contributed by atoms with Crippen LogP contribution in [0.1, 0.15) is 48.1 Å². The lowest BCUT2D eigenvalue weighted by Gasteiger charge is -2.16. The number of rotatable bonds is 11. The van der Waals surface area contributed by atoms with Crippen molar-refractivity contribution < 1.29 is 19.3 Å². The number of ether oxygens (including phenoxy) is 3. The van der Waals surface area contributed by atoms with Gasteiger partial charge in [0.15, 0.2) is 11.5 Å². The number of benzene rings is 3. The molecule has 0 spiro atoms. The van der Waals surface area contributed by atoms with Gasteiger partial charge < -0.3 is 19.3 Å². The molecule has 1 unspecified atom stereocenters. The summed E-state index contributed by atoms with van der Waals surface area (Å²) < 4.78 is 17.1. The summed E-state index contributed by atoms with van der Waals surface area (Å²) in [5.41, 5.74) is 3.70. The lowest BCUT2D eigenvalue weighted by molar-refractivity contribution is 0.118. The molecular weight excluding hydrogens is 376 g/mol. The first-order valence-electron chi connectivity index (χ1n) is 10.4. The van der Waals surface area contributed by atoms with E-state index >= 15 is 0 Å². The highest BCUT2D eigenvalue weighted by atomic mass is 16.5. The number of aliphatic hydroxyl groups excluding tert-OH is 1. The summed E-state index contributed by atoms with van der Waals surface area (Å²) in [6, 6.07) is 23.4. The Balaban J connectivity index is 1.73. The first-order chi connectivity index (χ1) is 14.7. The molecule has 0 saturated heterocycles. The van der Waals surface area contributed by atoms with Crippen LogP contribution < -0.4 is 9.47 Å². The second kappa shape index (κ2) is 11.4. The molecule has 1 N–H and O–H groups in total. The van der Waals surface area contributed by atoms with E-state index in [0.29, 0.717) is 24.7 Å². The van der Waals surface area contributed by atoms with Gasteiger partial charge in [0.2, 0.25) is 0 Å². The molecule has 0 aromatic heterocycles. The average Bonchev–Trinajstić information content (AvgIpc) is 2.80. The van der Waals surface area contributed by atoms with Gasteiger partial charge in [-0.25, -0.2) is 0 Å². The number of methoxy groups -OCH3 is 1. The standard InChI is InChI=1S/C26H30O4/c1-3-4-15-29-18-21-11-8-12-22(16-21)26(27)23-13-14-24(28-2)25(17-23)30-19-20-9-6-5-7-10-20/h5-14,16-17,26-27H,3-4,15,18-19H2,1-2H3. The molecule has 3 aromatic rings. The third-order valence-corrected chi connectivity index (χ3v) is 4.92. The summed E-state index contributed by atoms with van der Waals surface area (Å²) >= 11 is 0. The molecule has 0 radical (unpaired) electrons. The van der Waals surface area contributed by atoms with Crippen LogP contribution in [0.4, 0.5) is 0 Å². The summed E-state index contributed by atoms with van der Waals surface area (Å²) in [7, 11) is 1.61. The monoisotopic (exact) mass is 406 g/mol. The van der Waals surface area contributed by atoms with Crippen molar-refractivity contribution in [1.29, 1.82) is 0 Å². The summed E-state index contributed by atoms with van der Waals surface area (Å²) in [6.07, 6.45) is 1.41. The summed E-state index contributed by atoms with van der Waals surface area (Å²) in [5.74, 6) is 1.25. The lowest BCUT2D eigenvalue weighted by Crippen LogP contribution is -2.04. The maximum Gasteiger partial charge on any atom is 0.162 e. The van der Waals surface area contributed by atoms with Crippen molar-refractivity contribution in [2.24, 2.45) is 0 Å². The van der Waals surface area contributed by atoms with Crippen molar-refractivity contribution in [3.8, 4) is 11.5 Å². The Kier molecular flexibility index (Phi) is 8.30.